The molecule has 0 saturated carbocycles. The number of anilines is 1. The van der Waals surface area contributed by atoms with Gasteiger partial charge in [-0.05, 0) is 68.1 Å². The maximum absolute atomic E-state index is 12.4. The molecule has 1 fully saturated rings. The van der Waals surface area contributed by atoms with Crippen molar-refractivity contribution in [3.63, 3.8) is 0 Å². The Morgan fingerprint density at radius 3 is 2.40 bits per heavy atom. The molecule has 0 bridgehead atoms. The van der Waals surface area contributed by atoms with Crippen molar-refractivity contribution in [1.29, 1.82) is 0 Å². The van der Waals surface area contributed by atoms with Crippen molar-refractivity contribution >= 4 is 29.3 Å². The van der Waals surface area contributed by atoms with Gasteiger partial charge in [-0.25, -0.2) is 0 Å². The summed E-state index contributed by atoms with van der Waals surface area (Å²) < 4.78 is 0. The fourth-order valence-corrected chi connectivity index (χ4v) is 4.68. The van der Waals surface area contributed by atoms with E-state index in [1.165, 1.54) is 16.0 Å². The molecule has 0 aliphatic carbocycles. The number of likely N-dealkylation sites (tertiary alicyclic amines) is 1. The second-order valence-corrected chi connectivity index (χ2v) is 9.20. The van der Waals surface area contributed by atoms with Gasteiger partial charge >= 0.3 is 0 Å². The Labute approximate surface area is 183 Å². The van der Waals surface area contributed by atoms with Crippen molar-refractivity contribution in [2.24, 2.45) is 0 Å². The first-order valence-corrected chi connectivity index (χ1v) is 11.2. The SMILES string of the molecule is CC(=O)N(C)C1CCN(CC(=O)Nc2ccc(Sc3cc(C)ccc3C)cc2)CC1. The molecule has 1 N–H and O–H groups in total. The molecule has 2 amide bonds. The third-order valence-electron chi connectivity index (χ3n) is 5.68. The van der Waals surface area contributed by atoms with Crippen LogP contribution in [0.25, 0.3) is 0 Å². The smallest absolute Gasteiger partial charge is 0.238 e. The molecule has 0 atom stereocenters. The molecular weight excluding hydrogens is 394 g/mol. The van der Waals surface area contributed by atoms with E-state index in [0.29, 0.717) is 6.54 Å². The number of piperidine rings is 1. The van der Waals surface area contributed by atoms with E-state index in [1.807, 2.05) is 36.2 Å². The Morgan fingerprint density at radius 2 is 1.77 bits per heavy atom. The lowest BCUT2D eigenvalue weighted by molar-refractivity contribution is -0.130. The zero-order chi connectivity index (χ0) is 21.7. The summed E-state index contributed by atoms with van der Waals surface area (Å²) in [5.41, 5.74) is 3.33. The number of rotatable bonds is 6. The van der Waals surface area contributed by atoms with Gasteiger partial charge in [0.25, 0.3) is 0 Å². The highest BCUT2D eigenvalue weighted by Gasteiger charge is 2.24. The number of hydrogen-bond donors (Lipinski definition) is 1. The van der Waals surface area contributed by atoms with Crippen LogP contribution in [0.2, 0.25) is 0 Å². The van der Waals surface area contributed by atoms with E-state index in [-0.39, 0.29) is 17.9 Å². The van der Waals surface area contributed by atoms with Crippen molar-refractivity contribution in [3.05, 3.63) is 53.6 Å². The molecule has 2 aromatic rings. The van der Waals surface area contributed by atoms with Crippen LogP contribution in [0.3, 0.4) is 0 Å². The topological polar surface area (TPSA) is 52.7 Å². The van der Waals surface area contributed by atoms with Crippen LogP contribution < -0.4 is 5.32 Å². The quantitative estimate of drug-likeness (QED) is 0.748. The molecule has 0 radical (unpaired) electrons. The maximum Gasteiger partial charge on any atom is 0.238 e. The fraction of sp³-hybridized carbons (Fsp3) is 0.417. The molecular formula is C24H31N3O2S. The van der Waals surface area contributed by atoms with Crippen LogP contribution in [0.4, 0.5) is 5.69 Å². The number of amides is 2. The van der Waals surface area contributed by atoms with Crippen molar-refractivity contribution in [3.8, 4) is 0 Å². The van der Waals surface area contributed by atoms with E-state index in [9.17, 15) is 9.59 Å². The summed E-state index contributed by atoms with van der Waals surface area (Å²) in [7, 11) is 1.86. The van der Waals surface area contributed by atoms with Gasteiger partial charge in [-0.1, -0.05) is 23.9 Å². The minimum Gasteiger partial charge on any atom is -0.343 e. The molecule has 1 saturated heterocycles. The molecule has 1 aliphatic rings. The minimum atomic E-state index is 0.00306. The lowest BCUT2D eigenvalue weighted by Crippen LogP contribution is -2.46. The molecule has 5 nitrogen and oxygen atoms in total. The Balaban J connectivity index is 1.48. The van der Waals surface area contributed by atoms with Crippen LogP contribution in [0.1, 0.15) is 30.9 Å². The van der Waals surface area contributed by atoms with E-state index < -0.39 is 0 Å². The van der Waals surface area contributed by atoms with Crippen LogP contribution in [0.15, 0.2) is 52.3 Å². The lowest BCUT2D eigenvalue weighted by Gasteiger charge is -2.36. The van der Waals surface area contributed by atoms with Crippen LogP contribution in [0, 0.1) is 13.8 Å². The highest BCUT2D eigenvalue weighted by Crippen LogP contribution is 2.31. The molecule has 1 aliphatic heterocycles. The number of nitrogens with zero attached hydrogens (tertiary/aromatic N) is 2. The summed E-state index contributed by atoms with van der Waals surface area (Å²) in [6.07, 6.45) is 1.82. The van der Waals surface area contributed by atoms with E-state index >= 15 is 0 Å². The summed E-state index contributed by atoms with van der Waals surface area (Å²) >= 11 is 1.74. The number of nitrogens with one attached hydrogen (secondary N) is 1. The van der Waals surface area contributed by atoms with Gasteiger partial charge in [0, 0.05) is 48.6 Å². The van der Waals surface area contributed by atoms with Crippen molar-refractivity contribution < 1.29 is 9.59 Å². The molecule has 0 aromatic heterocycles. The Hall–Kier alpha value is -2.31. The Bertz CT molecular complexity index is 890. The molecule has 6 heteroatoms. The summed E-state index contributed by atoms with van der Waals surface area (Å²) in [4.78, 5) is 30.3. The van der Waals surface area contributed by atoms with Crippen LogP contribution in [-0.2, 0) is 9.59 Å². The number of benzene rings is 2. The number of carbonyl (C=O) groups excluding carboxylic acids is 2. The van der Waals surface area contributed by atoms with E-state index in [2.05, 4.69) is 42.3 Å². The van der Waals surface area contributed by atoms with Crippen LogP contribution >= 0.6 is 11.8 Å². The average molecular weight is 426 g/mol. The highest BCUT2D eigenvalue weighted by atomic mass is 32.2. The van der Waals surface area contributed by atoms with Gasteiger partial charge in [-0.2, -0.15) is 0 Å². The van der Waals surface area contributed by atoms with E-state index in [4.69, 9.17) is 0 Å². The molecule has 0 spiro atoms. The first-order valence-electron chi connectivity index (χ1n) is 10.4. The second-order valence-electron chi connectivity index (χ2n) is 8.08. The van der Waals surface area contributed by atoms with Gasteiger partial charge in [0.1, 0.15) is 0 Å². The third-order valence-corrected chi connectivity index (χ3v) is 6.85. The largest absolute Gasteiger partial charge is 0.343 e. The number of carbonyl (C=O) groups is 2. The normalized spacial score (nSPS) is 15.1. The van der Waals surface area contributed by atoms with Crippen molar-refractivity contribution in [2.75, 3.05) is 32.0 Å². The third kappa shape index (κ3) is 6.09. The summed E-state index contributed by atoms with van der Waals surface area (Å²) in [5, 5.41) is 3.00. The monoisotopic (exact) mass is 425 g/mol. The van der Waals surface area contributed by atoms with Gasteiger partial charge in [0.2, 0.25) is 11.8 Å². The van der Waals surface area contributed by atoms with Gasteiger partial charge in [-0.15, -0.1) is 0 Å². The van der Waals surface area contributed by atoms with Crippen molar-refractivity contribution in [1.82, 2.24) is 9.80 Å². The zero-order valence-corrected chi connectivity index (χ0v) is 19.1. The molecule has 3 rings (SSSR count). The first-order chi connectivity index (χ1) is 14.3. The van der Waals surface area contributed by atoms with Gasteiger partial charge in [0.05, 0.1) is 6.54 Å². The van der Waals surface area contributed by atoms with Gasteiger partial charge < -0.3 is 10.2 Å². The molecule has 2 aromatic carbocycles. The van der Waals surface area contributed by atoms with Gasteiger partial charge in [-0.3, -0.25) is 14.5 Å². The highest BCUT2D eigenvalue weighted by molar-refractivity contribution is 7.99. The predicted molar refractivity (Wildman–Crippen MR) is 123 cm³/mol. The minimum absolute atomic E-state index is 0.00306. The zero-order valence-electron chi connectivity index (χ0n) is 18.3. The number of aryl methyl sites for hydroxylation is 2. The summed E-state index contributed by atoms with van der Waals surface area (Å²) in [6, 6.07) is 14.8. The molecule has 30 heavy (non-hydrogen) atoms. The van der Waals surface area contributed by atoms with Gasteiger partial charge in [0.15, 0.2) is 0 Å². The lowest BCUT2D eigenvalue weighted by atomic mass is 10.0. The number of hydrogen-bond acceptors (Lipinski definition) is 4. The Kier molecular flexibility index (Phi) is 7.56. The second kappa shape index (κ2) is 10.1. The fourth-order valence-electron chi connectivity index (χ4n) is 3.68. The molecule has 0 unspecified atom stereocenters. The summed E-state index contributed by atoms with van der Waals surface area (Å²) in [6.45, 7) is 7.88. The van der Waals surface area contributed by atoms with E-state index in [0.717, 1.165) is 36.5 Å². The maximum atomic E-state index is 12.4. The molecule has 1 heterocycles. The van der Waals surface area contributed by atoms with Crippen LogP contribution in [-0.4, -0.2) is 54.3 Å². The molecule has 160 valence electrons. The first kappa shape index (κ1) is 22.4. The average Bonchev–Trinajstić information content (AvgIpc) is 2.72. The van der Waals surface area contributed by atoms with E-state index in [1.54, 1.807) is 18.7 Å². The summed E-state index contributed by atoms with van der Waals surface area (Å²) in [5.74, 6) is 0.105. The predicted octanol–water partition coefficient (Wildman–Crippen LogP) is 4.34. The standard InChI is InChI=1S/C24H31N3O2S/c1-17-5-6-18(2)23(15-17)30-22-9-7-20(8-10-22)25-24(29)16-27-13-11-21(12-14-27)26(4)19(3)28/h5-10,15,21H,11-14,16H2,1-4H3,(H,25,29). The van der Waals surface area contributed by atoms with Crippen LogP contribution in [0.5, 0.6) is 0 Å². The van der Waals surface area contributed by atoms with Crippen molar-refractivity contribution in [2.45, 2.75) is 49.4 Å². The Morgan fingerprint density at radius 1 is 1.10 bits per heavy atom.